The highest BCUT2D eigenvalue weighted by Gasteiger charge is 2.12. The first-order valence-electron chi connectivity index (χ1n) is 8.21. The quantitative estimate of drug-likeness (QED) is 0.502. The highest BCUT2D eigenvalue weighted by molar-refractivity contribution is 7.14. The molecular weight excluding hydrogens is 348 g/mol. The second kappa shape index (κ2) is 7.01. The van der Waals surface area contributed by atoms with Crippen LogP contribution in [0.5, 0.6) is 5.75 Å². The lowest BCUT2D eigenvalue weighted by atomic mass is 10.1. The molecule has 26 heavy (non-hydrogen) atoms. The summed E-state index contributed by atoms with van der Waals surface area (Å²) >= 11 is 1.44. The van der Waals surface area contributed by atoms with Crippen LogP contribution in [0.3, 0.4) is 0 Å². The lowest BCUT2D eigenvalue weighted by Gasteiger charge is -2.04. The van der Waals surface area contributed by atoms with Crippen molar-refractivity contribution in [1.29, 1.82) is 0 Å². The van der Waals surface area contributed by atoms with Crippen LogP contribution in [0.25, 0.3) is 22.2 Å². The van der Waals surface area contributed by atoms with Crippen LogP contribution in [-0.2, 0) is 0 Å². The first kappa shape index (κ1) is 16.4. The van der Waals surface area contributed by atoms with Gasteiger partial charge in [-0.25, -0.2) is 9.78 Å². The molecule has 0 bridgehead atoms. The second-order valence-electron chi connectivity index (χ2n) is 5.61. The van der Waals surface area contributed by atoms with E-state index in [0.29, 0.717) is 29.2 Å². The zero-order chi connectivity index (χ0) is 17.9. The minimum atomic E-state index is -0.414. The third-order valence-corrected chi connectivity index (χ3v) is 4.58. The Morgan fingerprint density at radius 3 is 2.81 bits per heavy atom. The van der Waals surface area contributed by atoms with Gasteiger partial charge in [0.15, 0.2) is 5.13 Å². The van der Waals surface area contributed by atoms with Crippen molar-refractivity contribution in [3.8, 4) is 17.0 Å². The van der Waals surface area contributed by atoms with E-state index in [2.05, 4.69) is 10.3 Å². The number of para-hydroxylation sites is 1. The molecule has 1 N–H and O–H groups in total. The molecule has 0 fully saturated rings. The normalized spacial score (nSPS) is 10.8. The summed E-state index contributed by atoms with van der Waals surface area (Å²) < 4.78 is 10.9. The van der Waals surface area contributed by atoms with Crippen molar-refractivity contribution in [3.63, 3.8) is 0 Å². The molecule has 0 radical (unpaired) electrons. The van der Waals surface area contributed by atoms with Gasteiger partial charge in [0.05, 0.1) is 17.9 Å². The third-order valence-electron chi connectivity index (χ3n) is 3.82. The molecule has 0 amide bonds. The fourth-order valence-electron chi connectivity index (χ4n) is 2.63. The lowest BCUT2D eigenvalue weighted by molar-refractivity contribution is 0.340. The number of anilines is 2. The molecule has 0 unspecified atom stereocenters. The van der Waals surface area contributed by atoms with Crippen molar-refractivity contribution < 1.29 is 9.15 Å². The van der Waals surface area contributed by atoms with Gasteiger partial charge in [-0.2, -0.15) is 0 Å². The Bertz CT molecular complexity index is 1100. The van der Waals surface area contributed by atoms with Gasteiger partial charge in [0.2, 0.25) is 0 Å². The van der Waals surface area contributed by atoms with Crippen LogP contribution in [0.15, 0.2) is 69.2 Å². The first-order chi connectivity index (χ1) is 12.7. The highest BCUT2D eigenvalue weighted by Crippen LogP contribution is 2.28. The monoisotopic (exact) mass is 364 g/mol. The number of nitrogens with zero attached hydrogens (tertiary/aromatic N) is 1. The van der Waals surface area contributed by atoms with Gasteiger partial charge in [0.25, 0.3) is 0 Å². The van der Waals surface area contributed by atoms with Crippen LogP contribution in [0.4, 0.5) is 10.8 Å². The summed E-state index contributed by atoms with van der Waals surface area (Å²) in [7, 11) is 0. The van der Waals surface area contributed by atoms with Crippen LogP contribution >= 0.6 is 11.3 Å². The number of nitrogens with one attached hydrogen (secondary N) is 1. The Balaban J connectivity index is 1.67. The maximum Gasteiger partial charge on any atom is 0.345 e. The van der Waals surface area contributed by atoms with E-state index in [0.717, 1.165) is 16.2 Å². The average Bonchev–Trinajstić information content (AvgIpc) is 3.10. The van der Waals surface area contributed by atoms with Crippen molar-refractivity contribution in [1.82, 2.24) is 4.98 Å². The number of aromatic nitrogens is 1. The van der Waals surface area contributed by atoms with Crippen LogP contribution < -0.4 is 15.7 Å². The molecule has 6 heteroatoms. The lowest BCUT2D eigenvalue weighted by Crippen LogP contribution is -2.03. The molecule has 0 aliphatic rings. The van der Waals surface area contributed by atoms with Crippen molar-refractivity contribution in [2.24, 2.45) is 0 Å². The number of benzene rings is 2. The molecule has 5 nitrogen and oxygen atoms in total. The molecule has 0 aliphatic carbocycles. The standard InChI is InChI=1S/C20H16N2O3S/c1-2-24-15-9-8-13-10-16(19(23)25-18(13)11-15)17-12-26-20(22-17)21-14-6-4-3-5-7-14/h3-12H,2H2,1H3,(H,21,22). The van der Waals surface area contributed by atoms with E-state index >= 15 is 0 Å². The number of hydrogen-bond acceptors (Lipinski definition) is 6. The molecule has 4 aromatic rings. The minimum Gasteiger partial charge on any atom is -0.494 e. The van der Waals surface area contributed by atoms with Gasteiger partial charge in [0, 0.05) is 22.5 Å². The Hall–Kier alpha value is -3.12. The number of ether oxygens (including phenoxy) is 1. The minimum absolute atomic E-state index is 0.414. The van der Waals surface area contributed by atoms with Crippen LogP contribution in [0.1, 0.15) is 6.92 Å². The van der Waals surface area contributed by atoms with E-state index in [1.54, 1.807) is 12.1 Å². The maximum atomic E-state index is 12.4. The molecule has 0 aliphatic heterocycles. The van der Waals surface area contributed by atoms with Crippen molar-refractivity contribution in [2.75, 3.05) is 11.9 Å². The van der Waals surface area contributed by atoms with Crippen LogP contribution in [0.2, 0.25) is 0 Å². The predicted molar refractivity (Wildman–Crippen MR) is 104 cm³/mol. The fourth-order valence-corrected chi connectivity index (χ4v) is 3.36. The van der Waals surface area contributed by atoms with Gasteiger partial charge < -0.3 is 14.5 Å². The second-order valence-corrected chi connectivity index (χ2v) is 6.47. The Labute approximate surface area is 153 Å². The molecule has 4 rings (SSSR count). The SMILES string of the molecule is CCOc1ccc2cc(-c3csc(Nc4ccccc4)n3)c(=O)oc2c1. The van der Waals surface area contributed by atoms with E-state index in [1.165, 1.54) is 11.3 Å². The number of rotatable bonds is 5. The fraction of sp³-hybridized carbons (Fsp3) is 0.100. The van der Waals surface area contributed by atoms with Gasteiger partial charge in [0.1, 0.15) is 11.3 Å². The molecule has 2 heterocycles. The zero-order valence-corrected chi connectivity index (χ0v) is 14.9. The van der Waals surface area contributed by atoms with E-state index in [1.807, 2.05) is 54.8 Å². The molecule has 0 saturated heterocycles. The van der Waals surface area contributed by atoms with Crippen LogP contribution in [0, 0.1) is 0 Å². The summed E-state index contributed by atoms with van der Waals surface area (Å²) in [6.45, 7) is 2.47. The maximum absolute atomic E-state index is 12.4. The molecule has 130 valence electrons. The van der Waals surface area contributed by atoms with E-state index < -0.39 is 5.63 Å². The van der Waals surface area contributed by atoms with Gasteiger partial charge in [-0.05, 0) is 37.3 Å². The molecule has 2 aromatic heterocycles. The summed E-state index contributed by atoms with van der Waals surface area (Å²) in [5.41, 5.74) is 2.07. The molecule has 0 atom stereocenters. The number of fused-ring (bicyclic) bond motifs is 1. The molecular formula is C20H16N2O3S. The largest absolute Gasteiger partial charge is 0.494 e. The number of thiazole rings is 1. The van der Waals surface area contributed by atoms with Crippen LogP contribution in [-0.4, -0.2) is 11.6 Å². The summed E-state index contributed by atoms with van der Waals surface area (Å²) in [6.07, 6.45) is 0. The predicted octanol–water partition coefficient (Wildman–Crippen LogP) is 5.06. The van der Waals surface area contributed by atoms with E-state index in [-0.39, 0.29) is 0 Å². The Morgan fingerprint density at radius 2 is 2.00 bits per heavy atom. The van der Waals surface area contributed by atoms with Crippen molar-refractivity contribution >= 4 is 33.1 Å². The van der Waals surface area contributed by atoms with Gasteiger partial charge in [-0.1, -0.05) is 18.2 Å². The molecule has 0 spiro atoms. The topological polar surface area (TPSA) is 64.4 Å². The van der Waals surface area contributed by atoms with Crippen molar-refractivity contribution in [3.05, 3.63) is 70.4 Å². The van der Waals surface area contributed by atoms with Gasteiger partial charge in [-0.15, -0.1) is 11.3 Å². The smallest absolute Gasteiger partial charge is 0.345 e. The highest BCUT2D eigenvalue weighted by atomic mass is 32.1. The van der Waals surface area contributed by atoms with Crippen molar-refractivity contribution in [2.45, 2.75) is 6.92 Å². The Morgan fingerprint density at radius 1 is 1.15 bits per heavy atom. The number of hydrogen-bond donors (Lipinski definition) is 1. The summed E-state index contributed by atoms with van der Waals surface area (Å²) in [6, 6.07) is 17.0. The average molecular weight is 364 g/mol. The first-order valence-corrected chi connectivity index (χ1v) is 9.09. The summed E-state index contributed by atoms with van der Waals surface area (Å²) in [4.78, 5) is 16.9. The Kier molecular flexibility index (Phi) is 4.41. The summed E-state index contributed by atoms with van der Waals surface area (Å²) in [5, 5.41) is 6.62. The van der Waals surface area contributed by atoms with E-state index in [4.69, 9.17) is 9.15 Å². The third kappa shape index (κ3) is 3.32. The van der Waals surface area contributed by atoms with E-state index in [9.17, 15) is 4.79 Å². The van der Waals surface area contributed by atoms with Gasteiger partial charge >= 0.3 is 5.63 Å². The molecule has 0 saturated carbocycles. The summed E-state index contributed by atoms with van der Waals surface area (Å²) in [5.74, 6) is 0.680. The molecule has 2 aromatic carbocycles. The zero-order valence-electron chi connectivity index (χ0n) is 14.1. The van der Waals surface area contributed by atoms with Gasteiger partial charge in [-0.3, -0.25) is 0 Å².